The Labute approximate surface area is 157 Å². The summed E-state index contributed by atoms with van der Waals surface area (Å²) in [5.41, 5.74) is 3.26. The Morgan fingerprint density at radius 1 is 1.04 bits per heavy atom. The van der Waals surface area contributed by atoms with Gasteiger partial charge in [0, 0.05) is 13.1 Å². The van der Waals surface area contributed by atoms with Crippen LogP contribution in [0.15, 0.2) is 65.6 Å². The number of aromatic nitrogens is 2. The average Bonchev–Trinajstić information content (AvgIpc) is 2.64. The van der Waals surface area contributed by atoms with Gasteiger partial charge in [0.15, 0.2) is 0 Å². The van der Waals surface area contributed by atoms with E-state index in [1.807, 2.05) is 56.6 Å². The lowest BCUT2D eigenvalue weighted by molar-refractivity contribution is 0.401. The van der Waals surface area contributed by atoms with Crippen molar-refractivity contribution in [2.24, 2.45) is 0 Å². The first-order chi connectivity index (χ1) is 12.6. The van der Waals surface area contributed by atoms with Gasteiger partial charge < -0.3 is 10.2 Å². The highest BCUT2D eigenvalue weighted by molar-refractivity contribution is 6.32. The number of rotatable bonds is 6. The number of para-hydroxylation sites is 1. The van der Waals surface area contributed by atoms with Crippen LogP contribution in [0.1, 0.15) is 11.1 Å². The fourth-order valence-electron chi connectivity index (χ4n) is 2.72. The molecule has 134 valence electrons. The highest BCUT2D eigenvalue weighted by Gasteiger charge is 2.11. The van der Waals surface area contributed by atoms with E-state index in [2.05, 4.69) is 27.4 Å². The molecule has 3 aromatic rings. The van der Waals surface area contributed by atoms with Gasteiger partial charge in [-0.1, -0.05) is 54.1 Å². The van der Waals surface area contributed by atoms with Crippen LogP contribution in [-0.2, 0) is 13.1 Å². The highest BCUT2D eigenvalue weighted by atomic mass is 35.5. The Morgan fingerprint density at radius 3 is 2.38 bits per heavy atom. The Balaban J connectivity index is 1.82. The maximum absolute atomic E-state index is 12.5. The second-order valence-electron chi connectivity index (χ2n) is 6.28. The summed E-state index contributed by atoms with van der Waals surface area (Å²) in [6.07, 6.45) is 1.59. The average molecular weight is 369 g/mol. The molecule has 0 fully saturated rings. The van der Waals surface area contributed by atoms with Crippen LogP contribution in [0.2, 0.25) is 5.02 Å². The first-order valence-corrected chi connectivity index (χ1v) is 8.72. The molecule has 0 unspecified atom stereocenters. The molecule has 0 aliphatic heterocycles. The minimum Gasteiger partial charge on any atom is -0.378 e. The van der Waals surface area contributed by atoms with Crippen molar-refractivity contribution in [2.75, 3.05) is 19.4 Å². The highest BCUT2D eigenvalue weighted by Crippen LogP contribution is 2.19. The maximum Gasteiger partial charge on any atom is 0.292 e. The molecule has 3 rings (SSSR count). The molecule has 0 aliphatic rings. The van der Waals surface area contributed by atoms with E-state index in [1.54, 1.807) is 6.20 Å². The molecule has 2 aromatic carbocycles. The summed E-state index contributed by atoms with van der Waals surface area (Å²) >= 11 is 6.29. The molecule has 0 bridgehead atoms. The largest absolute Gasteiger partial charge is 0.378 e. The van der Waals surface area contributed by atoms with Crippen molar-refractivity contribution in [3.63, 3.8) is 0 Å². The van der Waals surface area contributed by atoms with Crippen LogP contribution < -0.4 is 10.9 Å². The third kappa shape index (κ3) is 4.12. The van der Waals surface area contributed by atoms with Crippen molar-refractivity contribution in [1.82, 2.24) is 14.7 Å². The van der Waals surface area contributed by atoms with Gasteiger partial charge in [0.25, 0.3) is 5.56 Å². The van der Waals surface area contributed by atoms with Crippen LogP contribution in [0.3, 0.4) is 0 Å². The number of hydrogen-bond donors (Lipinski definition) is 1. The van der Waals surface area contributed by atoms with Crippen molar-refractivity contribution in [3.8, 4) is 5.69 Å². The number of hydrogen-bond acceptors (Lipinski definition) is 4. The van der Waals surface area contributed by atoms with E-state index in [0.29, 0.717) is 17.9 Å². The molecule has 1 N–H and O–H groups in total. The minimum absolute atomic E-state index is 0.133. The van der Waals surface area contributed by atoms with Crippen LogP contribution >= 0.6 is 11.6 Å². The molecular weight excluding hydrogens is 348 g/mol. The minimum atomic E-state index is -0.343. The lowest BCUT2D eigenvalue weighted by atomic mass is 10.1. The van der Waals surface area contributed by atoms with Gasteiger partial charge in [-0.15, -0.1) is 0 Å². The Morgan fingerprint density at radius 2 is 1.69 bits per heavy atom. The number of nitrogens with zero attached hydrogens (tertiary/aromatic N) is 3. The summed E-state index contributed by atoms with van der Waals surface area (Å²) in [6.45, 7) is 1.42. The number of benzene rings is 2. The van der Waals surface area contributed by atoms with E-state index in [1.165, 1.54) is 10.2 Å². The molecule has 0 atom stereocenters. The molecule has 0 saturated heterocycles. The summed E-state index contributed by atoms with van der Waals surface area (Å²) < 4.78 is 1.30. The van der Waals surface area contributed by atoms with E-state index in [9.17, 15) is 4.79 Å². The second kappa shape index (κ2) is 8.17. The molecule has 1 aromatic heterocycles. The summed E-state index contributed by atoms with van der Waals surface area (Å²) in [6, 6.07) is 17.4. The van der Waals surface area contributed by atoms with Crippen molar-refractivity contribution >= 4 is 17.3 Å². The molecule has 1 heterocycles. The number of anilines is 1. The normalized spacial score (nSPS) is 10.9. The van der Waals surface area contributed by atoms with E-state index in [-0.39, 0.29) is 10.6 Å². The van der Waals surface area contributed by atoms with Crippen molar-refractivity contribution in [1.29, 1.82) is 0 Å². The zero-order valence-electron chi connectivity index (χ0n) is 14.8. The van der Waals surface area contributed by atoms with E-state index in [0.717, 1.165) is 12.1 Å². The molecule has 6 heteroatoms. The van der Waals surface area contributed by atoms with Gasteiger partial charge in [0.05, 0.1) is 17.6 Å². The predicted octanol–water partition coefficient (Wildman–Crippen LogP) is 3.56. The zero-order chi connectivity index (χ0) is 18.5. The third-order valence-electron chi connectivity index (χ3n) is 3.99. The van der Waals surface area contributed by atoms with Gasteiger partial charge in [0.1, 0.15) is 5.02 Å². The van der Waals surface area contributed by atoms with Crippen molar-refractivity contribution in [3.05, 3.63) is 87.3 Å². The third-order valence-corrected chi connectivity index (χ3v) is 4.36. The first kappa shape index (κ1) is 18.2. The van der Waals surface area contributed by atoms with Crippen molar-refractivity contribution < 1.29 is 0 Å². The Kier molecular flexibility index (Phi) is 5.71. The number of nitrogens with one attached hydrogen (secondary N) is 1. The maximum atomic E-state index is 12.5. The van der Waals surface area contributed by atoms with E-state index >= 15 is 0 Å². The molecule has 0 saturated carbocycles. The molecule has 0 aliphatic carbocycles. The van der Waals surface area contributed by atoms with Gasteiger partial charge in [-0.05, 0) is 37.4 Å². The second-order valence-corrected chi connectivity index (χ2v) is 6.66. The van der Waals surface area contributed by atoms with Gasteiger partial charge in [-0.25, -0.2) is 0 Å². The van der Waals surface area contributed by atoms with Gasteiger partial charge in [-0.3, -0.25) is 4.79 Å². The quantitative estimate of drug-likeness (QED) is 0.722. The van der Waals surface area contributed by atoms with Gasteiger partial charge in [0.2, 0.25) is 0 Å². The summed E-state index contributed by atoms with van der Waals surface area (Å²) in [5.74, 6) is 0. The Hall–Kier alpha value is -2.63. The Bertz CT molecular complexity index is 938. The van der Waals surface area contributed by atoms with Crippen LogP contribution in [0.4, 0.5) is 5.69 Å². The summed E-state index contributed by atoms with van der Waals surface area (Å²) in [5, 5.41) is 7.61. The molecule has 5 nitrogen and oxygen atoms in total. The van der Waals surface area contributed by atoms with Crippen LogP contribution in [0, 0.1) is 0 Å². The van der Waals surface area contributed by atoms with Gasteiger partial charge >= 0.3 is 0 Å². The smallest absolute Gasteiger partial charge is 0.292 e. The summed E-state index contributed by atoms with van der Waals surface area (Å²) in [7, 11) is 4.07. The van der Waals surface area contributed by atoms with Crippen LogP contribution in [-0.4, -0.2) is 28.8 Å². The van der Waals surface area contributed by atoms with E-state index in [4.69, 9.17) is 11.6 Å². The lowest BCUT2D eigenvalue weighted by Gasteiger charge is -2.15. The molecule has 0 spiro atoms. The predicted molar refractivity (Wildman–Crippen MR) is 106 cm³/mol. The lowest BCUT2D eigenvalue weighted by Crippen LogP contribution is -2.22. The SMILES string of the molecule is CN(C)Cc1ccccc1CNc1cnn(-c2ccccc2)c(=O)c1Cl. The monoisotopic (exact) mass is 368 g/mol. The molecule has 0 radical (unpaired) electrons. The molecule has 0 amide bonds. The topological polar surface area (TPSA) is 50.2 Å². The van der Waals surface area contributed by atoms with E-state index < -0.39 is 0 Å². The zero-order valence-corrected chi connectivity index (χ0v) is 15.6. The van der Waals surface area contributed by atoms with Crippen molar-refractivity contribution in [2.45, 2.75) is 13.1 Å². The van der Waals surface area contributed by atoms with Crippen LogP contribution in [0.5, 0.6) is 0 Å². The first-order valence-electron chi connectivity index (χ1n) is 8.35. The number of halogens is 1. The molecule has 26 heavy (non-hydrogen) atoms. The molecular formula is C20H21ClN4O. The van der Waals surface area contributed by atoms with Gasteiger partial charge in [-0.2, -0.15) is 9.78 Å². The fraction of sp³-hybridized carbons (Fsp3) is 0.200. The standard InChI is InChI=1S/C20H21ClN4O/c1-24(2)14-16-9-7-6-8-15(16)12-22-18-13-23-25(20(26)19(18)21)17-10-4-3-5-11-17/h3-11,13,22H,12,14H2,1-2H3. The van der Waals surface area contributed by atoms with Crippen LogP contribution in [0.25, 0.3) is 5.69 Å². The fourth-order valence-corrected chi connectivity index (χ4v) is 2.92. The summed E-state index contributed by atoms with van der Waals surface area (Å²) in [4.78, 5) is 14.7.